The second-order valence-corrected chi connectivity index (χ2v) is 9.21. The first-order chi connectivity index (χ1) is 13.9. The summed E-state index contributed by atoms with van der Waals surface area (Å²) in [6.45, 7) is 13.8. The molecule has 0 radical (unpaired) electrons. The molecule has 29 heavy (non-hydrogen) atoms. The Labute approximate surface area is 174 Å². The number of benzene rings is 1. The molecule has 2 saturated heterocycles. The zero-order chi connectivity index (χ0) is 20.5. The van der Waals surface area contributed by atoms with Crippen LogP contribution in [0.3, 0.4) is 0 Å². The monoisotopic (exact) mass is 391 g/mol. The quantitative estimate of drug-likeness (QED) is 0.768. The van der Waals surface area contributed by atoms with E-state index in [0.29, 0.717) is 23.7 Å². The van der Waals surface area contributed by atoms with E-state index in [2.05, 4.69) is 59.0 Å². The first-order valence-electron chi connectivity index (χ1n) is 10.9. The Morgan fingerprint density at radius 3 is 2.31 bits per heavy atom. The molecule has 154 valence electrons. The first kappa shape index (κ1) is 20.1. The number of rotatable bonds is 5. The van der Waals surface area contributed by atoms with Crippen molar-refractivity contribution in [3.05, 3.63) is 65.0 Å². The summed E-state index contributed by atoms with van der Waals surface area (Å²) in [6, 6.07) is 12.8. The minimum atomic E-state index is 0.167. The molecule has 2 fully saturated rings. The van der Waals surface area contributed by atoms with Crippen LogP contribution in [0.2, 0.25) is 0 Å². The molecule has 3 heterocycles. The van der Waals surface area contributed by atoms with Crippen molar-refractivity contribution in [3.63, 3.8) is 0 Å². The largest absolute Gasteiger partial charge is 0.338 e. The number of amides is 1. The molecule has 0 bridgehead atoms. The van der Waals surface area contributed by atoms with E-state index in [1.165, 1.54) is 5.56 Å². The lowest BCUT2D eigenvalue weighted by Crippen LogP contribution is -2.35. The molecule has 0 aliphatic carbocycles. The normalized spacial score (nSPS) is 23.8. The van der Waals surface area contributed by atoms with Crippen molar-refractivity contribution in [1.29, 1.82) is 0 Å². The number of pyridine rings is 1. The summed E-state index contributed by atoms with van der Waals surface area (Å²) in [6.07, 6.45) is 1.79. The van der Waals surface area contributed by atoms with Gasteiger partial charge in [-0.25, -0.2) is 0 Å². The lowest BCUT2D eigenvalue weighted by Gasteiger charge is -2.27. The third-order valence-electron chi connectivity index (χ3n) is 7.14. The van der Waals surface area contributed by atoms with Crippen molar-refractivity contribution in [3.8, 4) is 0 Å². The van der Waals surface area contributed by atoms with Gasteiger partial charge in [-0.05, 0) is 54.7 Å². The maximum atomic E-state index is 13.1. The van der Waals surface area contributed by atoms with Crippen LogP contribution < -0.4 is 0 Å². The fourth-order valence-corrected chi connectivity index (χ4v) is 5.23. The molecule has 4 unspecified atom stereocenters. The van der Waals surface area contributed by atoms with Gasteiger partial charge in [-0.2, -0.15) is 0 Å². The first-order valence-corrected chi connectivity index (χ1v) is 10.9. The van der Waals surface area contributed by atoms with Crippen LogP contribution >= 0.6 is 0 Å². The number of hydrogen-bond acceptors (Lipinski definition) is 3. The standard InChI is InChI=1S/C25H33N3O/c1-17-10-11-26-20(4)24(17)25(29)28-15-22-13-27(14-23(22)16-28)12-18(2)19(3)21-8-6-5-7-9-21/h5-11,18-19,22-23H,12-16H2,1-4H3. The molecule has 1 amide bonds. The molecule has 2 aliphatic rings. The zero-order valence-corrected chi connectivity index (χ0v) is 18.1. The summed E-state index contributed by atoms with van der Waals surface area (Å²) in [5.41, 5.74) is 4.11. The fourth-order valence-electron chi connectivity index (χ4n) is 5.23. The highest BCUT2D eigenvalue weighted by Crippen LogP contribution is 2.34. The van der Waals surface area contributed by atoms with Crippen molar-refractivity contribution < 1.29 is 4.79 Å². The Morgan fingerprint density at radius 1 is 1.03 bits per heavy atom. The average Bonchev–Trinajstić information content (AvgIpc) is 3.26. The molecule has 4 nitrogen and oxygen atoms in total. The van der Waals surface area contributed by atoms with Crippen molar-refractivity contribution in [2.24, 2.45) is 17.8 Å². The molecule has 2 aromatic rings. The van der Waals surface area contributed by atoms with Gasteiger partial charge in [0.05, 0.1) is 11.3 Å². The maximum Gasteiger partial charge on any atom is 0.255 e. The summed E-state index contributed by atoms with van der Waals surface area (Å²) < 4.78 is 0. The van der Waals surface area contributed by atoms with E-state index in [9.17, 15) is 4.79 Å². The predicted molar refractivity (Wildman–Crippen MR) is 117 cm³/mol. The molecule has 1 aromatic heterocycles. The molecular formula is C25H33N3O. The van der Waals surface area contributed by atoms with Crippen molar-refractivity contribution in [1.82, 2.24) is 14.8 Å². The highest BCUT2D eigenvalue weighted by Gasteiger charge is 2.42. The molecule has 2 aliphatic heterocycles. The van der Waals surface area contributed by atoms with Gasteiger partial charge in [0.1, 0.15) is 0 Å². The van der Waals surface area contributed by atoms with E-state index in [1.54, 1.807) is 6.20 Å². The van der Waals surface area contributed by atoms with Crippen LogP contribution in [-0.4, -0.2) is 53.4 Å². The van der Waals surface area contributed by atoms with E-state index in [0.717, 1.165) is 49.5 Å². The summed E-state index contributed by atoms with van der Waals surface area (Å²) in [7, 11) is 0. The Kier molecular flexibility index (Phi) is 5.73. The molecule has 4 atom stereocenters. The second-order valence-electron chi connectivity index (χ2n) is 9.21. The molecule has 1 aromatic carbocycles. The van der Waals surface area contributed by atoms with Crippen molar-refractivity contribution >= 4 is 5.91 Å². The van der Waals surface area contributed by atoms with Crippen LogP contribution in [0, 0.1) is 31.6 Å². The minimum absolute atomic E-state index is 0.167. The number of likely N-dealkylation sites (tertiary alicyclic amines) is 2. The number of carbonyl (C=O) groups excluding carboxylic acids is 1. The van der Waals surface area contributed by atoms with E-state index >= 15 is 0 Å². The van der Waals surface area contributed by atoms with Gasteiger partial charge in [0.25, 0.3) is 5.91 Å². The van der Waals surface area contributed by atoms with Crippen LogP contribution in [-0.2, 0) is 0 Å². The van der Waals surface area contributed by atoms with Crippen molar-refractivity contribution in [2.75, 3.05) is 32.7 Å². The van der Waals surface area contributed by atoms with Gasteiger partial charge in [-0.3, -0.25) is 9.78 Å². The van der Waals surface area contributed by atoms with E-state index in [1.807, 2.05) is 19.9 Å². The highest BCUT2D eigenvalue weighted by atomic mass is 16.2. The fraction of sp³-hybridized carbons (Fsp3) is 0.520. The van der Waals surface area contributed by atoms with Crippen LogP contribution in [0.5, 0.6) is 0 Å². The number of fused-ring (bicyclic) bond motifs is 1. The van der Waals surface area contributed by atoms with Gasteiger partial charge >= 0.3 is 0 Å². The minimum Gasteiger partial charge on any atom is -0.338 e. The van der Waals surface area contributed by atoms with Crippen LogP contribution in [0.4, 0.5) is 0 Å². The second kappa shape index (κ2) is 8.27. The van der Waals surface area contributed by atoms with Gasteiger partial charge in [0, 0.05) is 38.9 Å². The Hall–Kier alpha value is -2.20. The van der Waals surface area contributed by atoms with Crippen LogP contribution in [0.1, 0.15) is 46.9 Å². The Balaban J connectivity index is 1.34. The Bertz CT molecular complexity index is 831. The van der Waals surface area contributed by atoms with Crippen LogP contribution in [0.15, 0.2) is 42.6 Å². The lowest BCUT2D eigenvalue weighted by molar-refractivity contribution is 0.0770. The van der Waals surface area contributed by atoms with Gasteiger partial charge in [0.2, 0.25) is 0 Å². The van der Waals surface area contributed by atoms with Gasteiger partial charge < -0.3 is 9.80 Å². The zero-order valence-electron chi connectivity index (χ0n) is 18.1. The molecular weight excluding hydrogens is 358 g/mol. The van der Waals surface area contributed by atoms with E-state index < -0.39 is 0 Å². The number of aromatic nitrogens is 1. The number of aryl methyl sites for hydroxylation is 2. The Morgan fingerprint density at radius 2 is 1.69 bits per heavy atom. The van der Waals surface area contributed by atoms with Gasteiger partial charge in [-0.15, -0.1) is 0 Å². The topological polar surface area (TPSA) is 36.4 Å². The summed E-state index contributed by atoms with van der Waals surface area (Å²) >= 11 is 0. The maximum absolute atomic E-state index is 13.1. The van der Waals surface area contributed by atoms with Crippen LogP contribution in [0.25, 0.3) is 0 Å². The molecule has 0 N–H and O–H groups in total. The number of carbonyl (C=O) groups is 1. The third-order valence-corrected chi connectivity index (χ3v) is 7.14. The summed E-state index contributed by atoms with van der Waals surface area (Å²) in [4.78, 5) is 22.1. The highest BCUT2D eigenvalue weighted by molar-refractivity contribution is 5.96. The molecule has 0 saturated carbocycles. The number of hydrogen-bond donors (Lipinski definition) is 0. The smallest absolute Gasteiger partial charge is 0.255 e. The SMILES string of the molecule is Cc1ccnc(C)c1C(=O)N1CC2CN(CC(C)C(C)c3ccccc3)CC2C1. The average molecular weight is 392 g/mol. The molecule has 4 rings (SSSR count). The molecule has 4 heteroatoms. The summed E-state index contributed by atoms with van der Waals surface area (Å²) in [5, 5.41) is 0. The predicted octanol–water partition coefficient (Wildman–Crippen LogP) is 4.14. The van der Waals surface area contributed by atoms with Gasteiger partial charge in [-0.1, -0.05) is 44.2 Å². The molecule has 0 spiro atoms. The van der Waals surface area contributed by atoms with E-state index in [4.69, 9.17) is 0 Å². The summed E-state index contributed by atoms with van der Waals surface area (Å²) in [5.74, 6) is 2.56. The van der Waals surface area contributed by atoms with E-state index in [-0.39, 0.29) is 5.91 Å². The lowest BCUT2D eigenvalue weighted by atomic mass is 9.88. The number of nitrogens with zero attached hydrogens (tertiary/aromatic N) is 3. The van der Waals surface area contributed by atoms with Crippen molar-refractivity contribution in [2.45, 2.75) is 33.6 Å². The van der Waals surface area contributed by atoms with Gasteiger partial charge in [0.15, 0.2) is 0 Å². The third kappa shape index (κ3) is 4.09.